The van der Waals surface area contributed by atoms with Gasteiger partial charge < -0.3 is 5.32 Å². The quantitative estimate of drug-likeness (QED) is 0.900. The molecule has 1 saturated carbocycles. The summed E-state index contributed by atoms with van der Waals surface area (Å²) >= 11 is 0. The van der Waals surface area contributed by atoms with E-state index in [9.17, 15) is 18.0 Å². The van der Waals surface area contributed by atoms with Gasteiger partial charge in [0.2, 0.25) is 5.91 Å². The molecule has 7 heteroatoms. The Morgan fingerprint density at radius 2 is 2.22 bits per heavy atom. The monoisotopic (exact) mass is 261 g/mol. The van der Waals surface area contributed by atoms with Crippen molar-refractivity contribution in [2.75, 3.05) is 6.54 Å². The summed E-state index contributed by atoms with van der Waals surface area (Å²) in [5.74, 6) is -0.0166. The predicted octanol–water partition coefficient (Wildman–Crippen LogP) is 1.92. The molecule has 0 spiro atoms. The van der Waals surface area contributed by atoms with Crippen LogP contribution < -0.4 is 5.32 Å². The van der Waals surface area contributed by atoms with Crippen LogP contribution in [0.1, 0.15) is 37.1 Å². The minimum atomic E-state index is -4.41. The average Bonchev–Trinajstić information content (AvgIpc) is 2.98. The van der Waals surface area contributed by atoms with Crippen LogP contribution in [0.15, 0.2) is 6.07 Å². The molecular formula is C11H14F3N3O. The Labute approximate surface area is 102 Å². The fourth-order valence-corrected chi connectivity index (χ4v) is 1.79. The number of carbonyl (C=O) groups excluding carboxylic acids is 1. The zero-order valence-electron chi connectivity index (χ0n) is 9.92. The minimum Gasteiger partial charge on any atom is -0.354 e. The zero-order chi connectivity index (χ0) is 13.3. The molecule has 0 unspecified atom stereocenters. The molecule has 18 heavy (non-hydrogen) atoms. The summed E-state index contributed by atoms with van der Waals surface area (Å²) in [6, 6.07) is 1.12. The number of amides is 1. The number of hydrogen-bond acceptors (Lipinski definition) is 2. The number of nitrogens with zero attached hydrogens (tertiary/aromatic N) is 2. The molecular weight excluding hydrogens is 247 g/mol. The number of carbonyl (C=O) groups is 1. The Hall–Kier alpha value is -1.53. The molecule has 2 rings (SSSR count). The van der Waals surface area contributed by atoms with Gasteiger partial charge in [0, 0.05) is 25.1 Å². The lowest BCUT2D eigenvalue weighted by Gasteiger charge is -2.06. The summed E-state index contributed by atoms with van der Waals surface area (Å²) in [5.41, 5.74) is -0.236. The summed E-state index contributed by atoms with van der Waals surface area (Å²) in [5, 5.41) is 6.13. The van der Waals surface area contributed by atoms with Gasteiger partial charge in [-0.25, -0.2) is 0 Å². The van der Waals surface area contributed by atoms with Crippen LogP contribution in [-0.4, -0.2) is 22.2 Å². The van der Waals surface area contributed by atoms with Crippen LogP contribution in [0.4, 0.5) is 13.2 Å². The number of hydrogen-bond donors (Lipinski definition) is 1. The summed E-state index contributed by atoms with van der Waals surface area (Å²) in [4.78, 5) is 10.7. The maximum atomic E-state index is 12.6. The lowest BCUT2D eigenvalue weighted by molar-refractivity contribution is -0.141. The second kappa shape index (κ2) is 4.62. The molecule has 1 aromatic heterocycles. The second-order valence-electron chi connectivity index (χ2n) is 4.43. The Balaban J connectivity index is 2.11. The molecule has 1 amide bonds. The molecule has 1 aliphatic rings. The molecule has 0 radical (unpaired) electrons. The van der Waals surface area contributed by atoms with E-state index in [0.717, 1.165) is 18.9 Å². The predicted molar refractivity (Wildman–Crippen MR) is 57.9 cm³/mol. The normalized spacial score (nSPS) is 15.8. The fourth-order valence-electron chi connectivity index (χ4n) is 1.79. The van der Waals surface area contributed by atoms with Gasteiger partial charge in [-0.2, -0.15) is 18.3 Å². The Morgan fingerprint density at radius 1 is 1.56 bits per heavy atom. The summed E-state index contributed by atoms with van der Waals surface area (Å²) in [6.07, 6.45) is -2.60. The van der Waals surface area contributed by atoms with Crippen LogP contribution in [0.2, 0.25) is 0 Å². The first-order valence-corrected chi connectivity index (χ1v) is 5.77. The van der Waals surface area contributed by atoms with E-state index in [2.05, 4.69) is 10.4 Å². The lowest BCUT2D eigenvalue weighted by Crippen LogP contribution is -2.25. The second-order valence-corrected chi connectivity index (χ2v) is 4.43. The number of rotatable bonds is 4. The van der Waals surface area contributed by atoms with E-state index in [1.165, 1.54) is 11.6 Å². The lowest BCUT2D eigenvalue weighted by atomic mass is 10.2. The van der Waals surface area contributed by atoms with Gasteiger partial charge in [-0.05, 0) is 18.9 Å². The molecule has 1 aromatic rings. The van der Waals surface area contributed by atoms with E-state index in [1.54, 1.807) is 0 Å². The first-order valence-electron chi connectivity index (χ1n) is 5.77. The topological polar surface area (TPSA) is 46.9 Å². The van der Waals surface area contributed by atoms with Crippen molar-refractivity contribution in [2.24, 2.45) is 0 Å². The van der Waals surface area contributed by atoms with Gasteiger partial charge in [0.1, 0.15) is 0 Å². The van der Waals surface area contributed by atoms with Crippen molar-refractivity contribution in [3.63, 3.8) is 0 Å². The highest BCUT2D eigenvalue weighted by atomic mass is 19.4. The van der Waals surface area contributed by atoms with Gasteiger partial charge in [-0.1, -0.05) is 0 Å². The van der Waals surface area contributed by atoms with Gasteiger partial charge in [-0.3, -0.25) is 9.48 Å². The van der Waals surface area contributed by atoms with Gasteiger partial charge in [-0.15, -0.1) is 0 Å². The molecule has 100 valence electrons. The standard InChI is InChI=1S/C11H14F3N3O/c1-7(18)15-4-5-17-9(8-2-3-8)6-10(16-17)11(12,13)14/h6,8H,2-5H2,1H3,(H,15,18). The van der Waals surface area contributed by atoms with Crippen molar-refractivity contribution in [3.8, 4) is 0 Å². The SMILES string of the molecule is CC(=O)NCCn1nc(C(F)(F)F)cc1C1CC1. The van der Waals surface area contributed by atoms with Crippen LogP contribution in [0.25, 0.3) is 0 Å². The summed E-state index contributed by atoms with van der Waals surface area (Å²) in [6.45, 7) is 1.92. The van der Waals surface area contributed by atoms with Crippen LogP contribution in [0, 0.1) is 0 Å². The Kier molecular flexibility index (Phi) is 3.32. The van der Waals surface area contributed by atoms with Gasteiger partial charge >= 0.3 is 6.18 Å². The largest absolute Gasteiger partial charge is 0.435 e. The van der Waals surface area contributed by atoms with Crippen molar-refractivity contribution in [2.45, 2.75) is 38.4 Å². The van der Waals surface area contributed by atoms with Crippen molar-refractivity contribution in [3.05, 3.63) is 17.5 Å². The highest BCUT2D eigenvalue weighted by Crippen LogP contribution is 2.41. The third kappa shape index (κ3) is 3.02. The number of nitrogens with one attached hydrogen (secondary N) is 1. The average molecular weight is 261 g/mol. The molecule has 0 saturated heterocycles. The molecule has 4 nitrogen and oxygen atoms in total. The first-order chi connectivity index (χ1) is 8.38. The molecule has 0 bridgehead atoms. The van der Waals surface area contributed by atoms with Crippen molar-refractivity contribution < 1.29 is 18.0 Å². The molecule has 1 aliphatic carbocycles. The van der Waals surface area contributed by atoms with Crippen molar-refractivity contribution >= 4 is 5.91 Å². The molecule has 0 aliphatic heterocycles. The van der Waals surface area contributed by atoms with E-state index >= 15 is 0 Å². The van der Waals surface area contributed by atoms with Crippen LogP contribution >= 0.6 is 0 Å². The summed E-state index contributed by atoms with van der Waals surface area (Å²) < 4.78 is 39.1. The molecule has 0 aromatic carbocycles. The number of halogens is 3. The Morgan fingerprint density at radius 3 is 2.72 bits per heavy atom. The maximum absolute atomic E-state index is 12.6. The Bertz CT molecular complexity index is 449. The highest BCUT2D eigenvalue weighted by Gasteiger charge is 2.37. The highest BCUT2D eigenvalue weighted by molar-refractivity contribution is 5.72. The maximum Gasteiger partial charge on any atom is 0.435 e. The molecule has 1 heterocycles. The van der Waals surface area contributed by atoms with Gasteiger partial charge in [0.15, 0.2) is 5.69 Å². The van der Waals surface area contributed by atoms with Gasteiger partial charge in [0.25, 0.3) is 0 Å². The van der Waals surface area contributed by atoms with E-state index in [-0.39, 0.29) is 24.9 Å². The van der Waals surface area contributed by atoms with Crippen LogP contribution in [0.5, 0.6) is 0 Å². The fraction of sp³-hybridized carbons (Fsp3) is 0.636. The summed E-state index contributed by atoms with van der Waals surface area (Å²) in [7, 11) is 0. The molecule has 0 atom stereocenters. The third-order valence-corrected chi connectivity index (χ3v) is 2.79. The smallest absolute Gasteiger partial charge is 0.354 e. The molecule has 1 N–H and O–H groups in total. The minimum absolute atomic E-state index is 0.186. The third-order valence-electron chi connectivity index (χ3n) is 2.79. The van der Waals surface area contributed by atoms with E-state index < -0.39 is 11.9 Å². The van der Waals surface area contributed by atoms with E-state index in [0.29, 0.717) is 5.69 Å². The van der Waals surface area contributed by atoms with Crippen molar-refractivity contribution in [1.29, 1.82) is 0 Å². The number of aromatic nitrogens is 2. The van der Waals surface area contributed by atoms with Gasteiger partial charge in [0.05, 0.1) is 6.54 Å². The van der Waals surface area contributed by atoms with Crippen LogP contribution in [0.3, 0.4) is 0 Å². The van der Waals surface area contributed by atoms with E-state index in [4.69, 9.17) is 0 Å². The van der Waals surface area contributed by atoms with Crippen molar-refractivity contribution in [1.82, 2.24) is 15.1 Å². The first kappa shape index (κ1) is 12.9. The van der Waals surface area contributed by atoms with E-state index in [1.807, 2.05) is 0 Å². The number of alkyl halides is 3. The van der Waals surface area contributed by atoms with Crippen LogP contribution in [-0.2, 0) is 17.5 Å². The molecule has 1 fully saturated rings. The zero-order valence-corrected chi connectivity index (χ0v) is 9.92.